The summed E-state index contributed by atoms with van der Waals surface area (Å²) in [5.74, 6) is 0.303. The van der Waals surface area contributed by atoms with E-state index in [9.17, 15) is 14.7 Å². The van der Waals surface area contributed by atoms with Gasteiger partial charge in [0.15, 0.2) is 0 Å². The summed E-state index contributed by atoms with van der Waals surface area (Å²) in [6, 6.07) is 3.97. The minimum Gasteiger partial charge on any atom is -0.389 e. The number of aliphatic hydroxyl groups excluding tert-OH is 1. The Labute approximate surface area is 153 Å². The average Bonchev–Trinajstić information content (AvgIpc) is 3.09. The number of rotatable bonds is 4. The van der Waals surface area contributed by atoms with Gasteiger partial charge in [-0.1, -0.05) is 6.07 Å². The minimum absolute atomic E-state index is 0.162. The lowest BCUT2D eigenvalue weighted by atomic mass is 10.1. The zero-order valence-corrected chi connectivity index (χ0v) is 14.9. The Balaban J connectivity index is 1.62. The van der Waals surface area contributed by atoms with Crippen molar-refractivity contribution < 1.29 is 9.90 Å². The van der Waals surface area contributed by atoms with Gasteiger partial charge in [-0.15, -0.1) is 11.3 Å². The molecule has 2 fully saturated rings. The van der Waals surface area contributed by atoms with Gasteiger partial charge in [0.05, 0.1) is 16.7 Å². The number of carbonyl (C=O) groups is 1. The van der Waals surface area contributed by atoms with E-state index in [1.54, 1.807) is 26.5 Å². The molecule has 1 amide bonds. The fourth-order valence-corrected chi connectivity index (χ4v) is 4.07. The second-order valence-corrected chi connectivity index (χ2v) is 8.02. The van der Waals surface area contributed by atoms with E-state index in [1.165, 1.54) is 4.90 Å². The lowest BCUT2D eigenvalue weighted by molar-refractivity contribution is 0.00555. The molecule has 4 heterocycles. The number of aliphatic hydroxyl groups is 1. The number of thiophene rings is 1. The van der Waals surface area contributed by atoms with Crippen LogP contribution in [0.25, 0.3) is 16.2 Å². The predicted octanol–water partition coefficient (Wildman–Crippen LogP) is 1.45. The Kier molecular flexibility index (Phi) is 3.51. The maximum Gasteiger partial charge on any atom is 0.294 e. The normalized spacial score (nSPS) is 17.7. The number of likely N-dealkylation sites (tertiary alicyclic amines) is 1. The largest absolute Gasteiger partial charge is 0.389 e. The molecule has 1 N–H and O–H groups in total. The van der Waals surface area contributed by atoms with Crippen molar-refractivity contribution in [3.8, 4) is 10.6 Å². The van der Waals surface area contributed by atoms with Crippen LogP contribution in [-0.2, 0) is 6.54 Å². The summed E-state index contributed by atoms with van der Waals surface area (Å²) in [6.45, 7) is 1.33. The Morgan fingerprint density at radius 3 is 2.77 bits per heavy atom. The number of β-amino-alcohol motifs (C(OH)–C–C–N with tert-alkyl or cyclic N) is 1. The fraction of sp³-hybridized carbons (Fsp3) is 0.389. The van der Waals surface area contributed by atoms with Gasteiger partial charge in [0, 0.05) is 32.0 Å². The smallest absolute Gasteiger partial charge is 0.294 e. The van der Waals surface area contributed by atoms with Crippen LogP contribution < -0.4 is 5.56 Å². The topological polar surface area (TPSA) is 79.8 Å². The zero-order valence-electron chi connectivity index (χ0n) is 14.0. The van der Waals surface area contributed by atoms with E-state index in [0.717, 1.165) is 23.4 Å². The van der Waals surface area contributed by atoms with Crippen LogP contribution in [0.2, 0.25) is 0 Å². The zero-order chi connectivity index (χ0) is 17.8. The molecule has 0 bridgehead atoms. The predicted molar refractivity (Wildman–Crippen MR) is 97.4 cm³/mol. The highest BCUT2D eigenvalue weighted by Gasteiger charge is 2.31. The summed E-state index contributed by atoms with van der Waals surface area (Å²) < 4.78 is 3.46. The lowest BCUT2D eigenvalue weighted by Crippen LogP contribution is -2.53. The van der Waals surface area contributed by atoms with Gasteiger partial charge in [0.25, 0.3) is 11.5 Å². The van der Waals surface area contributed by atoms with Crippen molar-refractivity contribution in [2.75, 3.05) is 13.1 Å². The molecule has 134 valence electrons. The van der Waals surface area contributed by atoms with Crippen molar-refractivity contribution >= 4 is 22.9 Å². The Morgan fingerprint density at radius 2 is 2.12 bits per heavy atom. The first-order valence-electron chi connectivity index (χ1n) is 8.74. The number of nitrogens with zero attached hydrogens (tertiary/aromatic N) is 4. The molecular formula is C18H18N4O3S. The van der Waals surface area contributed by atoms with E-state index in [0.29, 0.717) is 25.6 Å². The van der Waals surface area contributed by atoms with E-state index < -0.39 is 6.10 Å². The average molecular weight is 370 g/mol. The van der Waals surface area contributed by atoms with Crippen LogP contribution in [0, 0.1) is 5.92 Å². The van der Waals surface area contributed by atoms with E-state index in [4.69, 9.17) is 0 Å². The molecule has 1 saturated carbocycles. The highest BCUT2D eigenvalue weighted by molar-refractivity contribution is 7.13. The molecule has 0 aromatic carbocycles. The molecule has 2 aliphatic rings. The van der Waals surface area contributed by atoms with Crippen molar-refractivity contribution in [3.63, 3.8) is 0 Å². The van der Waals surface area contributed by atoms with E-state index in [1.807, 2.05) is 23.7 Å². The summed E-state index contributed by atoms with van der Waals surface area (Å²) in [4.78, 5) is 32.4. The summed E-state index contributed by atoms with van der Waals surface area (Å²) in [6.07, 6.45) is 5.34. The van der Waals surface area contributed by atoms with Crippen LogP contribution in [0.5, 0.6) is 0 Å². The third-order valence-corrected chi connectivity index (χ3v) is 5.89. The molecule has 8 heteroatoms. The monoisotopic (exact) mass is 370 g/mol. The highest BCUT2D eigenvalue weighted by atomic mass is 32.1. The molecule has 0 spiro atoms. The molecule has 3 aromatic heterocycles. The summed E-state index contributed by atoms with van der Waals surface area (Å²) in [5.41, 5.74) is 1.22. The third kappa shape index (κ3) is 2.57. The van der Waals surface area contributed by atoms with Crippen LogP contribution in [-0.4, -0.2) is 49.1 Å². The second-order valence-electron chi connectivity index (χ2n) is 7.07. The molecule has 1 saturated heterocycles. The molecule has 1 aliphatic heterocycles. The standard InChI is InChI=1S/C18H18N4O3S/c23-12-7-21(8-12)17(24)13-9-20-10-14(15-2-1-5-26-15)22(6-11-3-4-11)18(25)16(20)19-13/h1-2,5,9-12,23H,3-4,6-8H2. The molecule has 5 rings (SSSR count). The van der Waals surface area contributed by atoms with Gasteiger partial charge < -0.3 is 14.6 Å². The number of fused-ring (bicyclic) bond motifs is 1. The first-order valence-corrected chi connectivity index (χ1v) is 9.62. The van der Waals surface area contributed by atoms with E-state index in [2.05, 4.69) is 4.98 Å². The van der Waals surface area contributed by atoms with Crippen LogP contribution in [0.3, 0.4) is 0 Å². The number of carbonyl (C=O) groups excluding carboxylic acids is 1. The van der Waals surface area contributed by atoms with Gasteiger partial charge in [-0.3, -0.25) is 14.0 Å². The van der Waals surface area contributed by atoms with Crippen molar-refractivity contribution in [1.29, 1.82) is 0 Å². The summed E-state index contributed by atoms with van der Waals surface area (Å²) >= 11 is 1.59. The molecule has 0 atom stereocenters. The third-order valence-electron chi connectivity index (χ3n) is 5.00. The molecule has 1 aliphatic carbocycles. The van der Waals surface area contributed by atoms with Crippen molar-refractivity contribution in [2.45, 2.75) is 25.5 Å². The molecule has 7 nitrogen and oxygen atoms in total. The highest BCUT2D eigenvalue weighted by Crippen LogP contribution is 2.32. The number of aromatic nitrogens is 3. The first-order chi connectivity index (χ1) is 12.6. The quantitative estimate of drug-likeness (QED) is 0.754. The van der Waals surface area contributed by atoms with E-state index in [-0.39, 0.29) is 22.8 Å². The lowest BCUT2D eigenvalue weighted by Gasteiger charge is -2.35. The molecular weight excluding hydrogens is 352 g/mol. The summed E-state index contributed by atoms with van der Waals surface area (Å²) in [7, 11) is 0. The number of hydrogen-bond donors (Lipinski definition) is 1. The Bertz CT molecular complexity index is 1040. The van der Waals surface area contributed by atoms with Gasteiger partial charge in [-0.2, -0.15) is 0 Å². The molecule has 0 unspecified atom stereocenters. The maximum atomic E-state index is 13.1. The second kappa shape index (κ2) is 5.78. The maximum absolute atomic E-state index is 13.1. The van der Waals surface area contributed by atoms with Crippen LogP contribution in [0.15, 0.2) is 34.7 Å². The molecule has 0 radical (unpaired) electrons. The van der Waals surface area contributed by atoms with Gasteiger partial charge in [-0.05, 0) is 30.2 Å². The van der Waals surface area contributed by atoms with Crippen LogP contribution in [0.1, 0.15) is 23.3 Å². The van der Waals surface area contributed by atoms with Gasteiger partial charge in [0.1, 0.15) is 5.69 Å². The van der Waals surface area contributed by atoms with Crippen molar-refractivity contribution in [1.82, 2.24) is 18.9 Å². The van der Waals surface area contributed by atoms with Gasteiger partial charge in [0.2, 0.25) is 5.65 Å². The fourth-order valence-electron chi connectivity index (χ4n) is 3.33. The number of amides is 1. The Morgan fingerprint density at radius 1 is 1.31 bits per heavy atom. The van der Waals surface area contributed by atoms with Gasteiger partial charge in [-0.25, -0.2) is 4.98 Å². The van der Waals surface area contributed by atoms with Crippen LogP contribution in [0.4, 0.5) is 0 Å². The SMILES string of the molecule is O=C(c1cn2cc(-c3cccs3)n(CC3CC3)c(=O)c2n1)N1CC(O)C1. The van der Waals surface area contributed by atoms with Crippen LogP contribution >= 0.6 is 11.3 Å². The van der Waals surface area contributed by atoms with Gasteiger partial charge >= 0.3 is 0 Å². The number of imidazole rings is 1. The minimum atomic E-state index is -0.461. The Hall–Kier alpha value is -2.45. The summed E-state index contributed by atoms with van der Waals surface area (Å²) in [5, 5.41) is 11.4. The molecule has 3 aromatic rings. The van der Waals surface area contributed by atoms with E-state index >= 15 is 0 Å². The molecule has 26 heavy (non-hydrogen) atoms. The van der Waals surface area contributed by atoms with Crippen molar-refractivity contribution in [2.24, 2.45) is 5.92 Å². The van der Waals surface area contributed by atoms with Crippen molar-refractivity contribution in [3.05, 3.63) is 46.0 Å². The first kappa shape index (κ1) is 15.8. The number of hydrogen-bond acceptors (Lipinski definition) is 5.